The average Bonchev–Trinajstić information content (AvgIpc) is 2.67. The number of carbonyl (C=O) groups is 1. The maximum Gasteiger partial charge on any atom is 0.340 e. The second-order valence-corrected chi connectivity index (χ2v) is 6.58. The summed E-state index contributed by atoms with van der Waals surface area (Å²) in [7, 11) is 1.27. The largest absolute Gasteiger partial charge is 0.465 e. The Balaban J connectivity index is 1.96. The second kappa shape index (κ2) is 7.88. The lowest BCUT2D eigenvalue weighted by Gasteiger charge is -2.29. The molecule has 0 bridgehead atoms. The quantitative estimate of drug-likeness (QED) is 0.794. The molecule has 26 heavy (non-hydrogen) atoms. The predicted molar refractivity (Wildman–Crippen MR) is 98.1 cm³/mol. The first-order valence-electron chi connectivity index (χ1n) is 8.43. The van der Waals surface area contributed by atoms with E-state index in [-0.39, 0.29) is 22.3 Å². The van der Waals surface area contributed by atoms with Crippen LogP contribution < -0.4 is 10.9 Å². The van der Waals surface area contributed by atoms with Gasteiger partial charge in [0.2, 0.25) is 0 Å². The van der Waals surface area contributed by atoms with Gasteiger partial charge in [-0.3, -0.25) is 4.79 Å². The molecule has 7 nitrogen and oxygen atoms in total. The molecule has 1 aliphatic rings. The van der Waals surface area contributed by atoms with Crippen molar-refractivity contribution < 1.29 is 14.6 Å². The summed E-state index contributed by atoms with van der Waals surface area (Å²) in [4.78, 5) is 24.6. The van der Waals surface area contributed by atoms with Crippen molar-refractivity contribution in [1.29, 1.82) is 0 Å². The number of aromatic nitrogens is 2. The number of nitrogens with zero attached hydrogens (tertiary/aromatic N) is 2. The van der Waals surface area contributed by atoms with Crippen LogP contribution in [0, 0.1) is 0 Å². The molecule has 1 saturated carbocycles. The molecule has 8 heteroatoms. The monoisotopic (exact) mass is 377 g/mol. The Hall–Kier alpha value is -2.38. The maximum atomic E-state index is 12.7. The highest BCUT2D eigenvalue weighted by molar-refractivity contribution is 6.33. The SMILES string of the molecule is COC(=O)c1ccccc1-n1ncc(N[C@H]2CCCC[C@@H]2O)c(Cl)c1=O. The number of halogens is 1. The molecule has 0 saturated heterocycles. The van der Waals surface area contributed by atoms with E-state index in [1.54, 1.807) is 24.3 Å². The molecule has 138 valence electrons. The topological polar surface area (TPSA) is 93.5 Å². The third-order valence-corrected chi connectivity index (χ3v) is 4.89. The van der Waals surface area contributed by atoms with Crippen molar-refractivity contribution >= 4 is 23.3 Å². The van der Waals surface area contributed by atoms with Crippen LogP contribution in [0.1, 0.15) is 36.0 Å². The Labute approximate surface area is 155 Å². The van der Waals surface area contributed by atoms with Crippen LogP contribution >= 0.6 is 11.6 Å². The zero-order valence-electron chi connectivity index (χ0n) is 14.3. The molecule has 0 spiro atoms. The summed E-state index contributed by atoms with van der Waals surface area (Å²) >= 11 is 6.25. The van der Waals surface area contributed by atoms with Gasteiger partial charge in [0.15, 0.2) is 0 Å². The number of ether oxygens (including phenoxy) is 1. The van der Waals surface area contributed by atoms with Crippen LogP contribution in [0.25, 0.3) is 5.69 Å². The van der Waals surface area contributed by atoms with Crippen LogP contribution in [0.15, 0.2) is 35.3 Å². The number of hydrogen-bond acceptors (Lipinski definition) is 6. The molecule has 1 fully saturated rings. The minimum Gasteiger partial charge on any atom is -0.465 e. The van der Waals surface area contributed by atoms with E-state index >= 15 is 0 Å². The summed E-state index contributed by atoms with van der Waals surface area (Å²) in [6.07, 6.45) is 4.44. The summed E-state index contributed by atoms with van der Waals surface area (Å²) in [5.41, 5.74) is 0.312. The van der Waals surface area contributed by atoms with E-state index in [4.69, 9.17) is 16.3 Å². The molecule has 2 N–H and O–H groups in total. The molecule has 1 aromatic carbocycles. The van der Waals surface area contributed by atoms with Gasteiger partial charge >= 0.3 is 5.97 Å². The van der Waals surface area contributed by atoms with E-state index < -0.39 is 17.6 Å². The molecule has 2 atom stereocenters. The number of anilines is 1. The molecule has 0 aliphatic heterocycles. The van der Waals surface area contributed by atoms with Crippen LogP contribution in [0.5, 0.6) is 0 Å². The van der Waals surface area contributed by atoms with Crippen molar-refractivity contribution in [3.63, 3.8) is 0 Å². The lowest BCUT2D eigenvalue weighted by atomic mass is 9.92. The minimum atomic E-state index is -0.571. The van der Waals surface area contributed by atoms with Gasteiger partial charge in [0.05, 0.1) is 42.4 Å². The summed E-state index contributed by atoms with van der Waals surface area (Å²) in [6, 6.07) is 6.33. The lowest BCUT2D eigenvalue weighted by Crippen LogP contribution is -2.37. The molecule has 3 rings (SSSR count). The van der Waals surface area contributed by atoms with Crippen LogP contribution in [0.2, 0.25) is 5.02 Å². The normalized spacial score (nSPS) is 19.8. The standard InChI is InChI=1S/C18H20ClN3O4/c1-26-18(25)11-6-2-4-8-14(11)22-17(24)16(19)13(10-20-22)21-12-7-3-5-9-15(12)23/h2,4,6,8,10,12,15,21,23H,3,5,7,9H2,1H3/t12-,15-/m0/s1. The van der Waals surface area contributed by atoms with Crippen molar-refractivity contribution in [2.45, 2.75) is 37.8 Å². The van der Waals surface area contributed by atoms with Gasteiger partial charge < -0.3 is 15.2 Å². The molecule has 0 radical (unpaired) electrons. The fourth-order valence-corrected chi connectivity index (χ4v) is 3.31. The first-order chi connectivity index (χ1) is 12.5. The van der Waals surface area contributed by atoms with Gasteiger partial charge in [-0.2, -0.15) is 9.78 Å². The third kappa shape index (κ3) is 3.59. The summed E-state index contributed by atoms with van der Waals surface area (Å²) in [5, 5.41) is 17.3. The zero-order chi connectivity index (χ0) is 18.7. The third-order valence-electron chi connectivity index (χ3n) is 4.53. The van der Waals surface area contributed by atoms with Gasteiger partial charge in [-0.05, 0) is 25.0 Å². The molecular weight excluding hydrogens is 358 g/mol. The van der Waals surface area contributed by atoms with E-state index in [1.807, 2.05) is 0 Å². The summed E-state index contributed by atoms with van der Waals surface area (Å²) in [5.74, 6) is -0.571. The van der Waals surface area contributed by atoms with E-state index in [9.17, 15) is 14.7 Å². The Kier molecular flexibility index (Phi) is 5.58. The fourth-order valence-electron chi connectivity index (χ4n) is 3.13. The van der Waals surface area contributed by atoms with Crippen LogP contribution in [0.3, 0.4) is 0 Å². The zero-order valence-corrected chi connectivity index (χ0v) is 15.1. The number of para-hydroxylation sites is 1. The number of aliphatic hydroxyl groups excluding tert-OH is 1. The highest BCUT2D eigenvalue weighted by Crippen LogP contribution is 2.25. The highest BCUT2D eigenvalue weighted by atomic mass is 35.5. The first-order valence-corrected chi connectivity index (χ1v) is 8.81. The van der Waals surface area contributed by atoms with Crippen molar-refractivity contribution in [3.8, 4) is 5.69 Å². The Morgan fingerprint density at radius 2 is 2.08 bits per heavy atom. The summed E-state index contributed by atoms with van der Waals surface area (Å²) in [6.45, 7) is 0. The summed E-state index contributed by atoms with van der Waals surface area (Å²) < 4.78 is 5.82. The van der Waals surface area contributed by atoms with Gasteiger partial charge in [0.1, 0.15) is 5.02 Å². The van der Waals surface area contributed by atoms with Crippen LogP contribution in [0.4, 0.5) is 5.69 Å². The van der Waals surface area contributed by atoms with Gasteiger partial charge in [-0.25, -0.2) is 4.79 Å². The fraction of sp³-hybridized carbons (Fsp3) is 0.389. The van der Waals surface area contributed by atoms with Gasteiger partial charge in [0.25, 0.3) is 5.56 Å². The van der Waals surface area contributed by atoms with E-state index in [0.29, 0.717) is 12.1 Å². The number of benzene rings is 1. The molecule has 0 amide bonds. The van der Waals surface area contributed by atoms with E-state index in [0.717, 1.165) is 23.9 Å². The van der Waals surface area contributed by atoms with Crippen LogP contribution in [-0.2, 0) is 4.74 Å². The van der Waals surface area contributed by atoms with Crippen molar-refractivity contribution in [2.75, 3.05) is 12.4 Å². The Morgan fingerprint density at radius 1 is 1.35 bits per heavy atom. The van der Waals surface area contributed by atoms with Crippen molar-refractivity contribution in [2.24, 2.45) is 0 Å². The number of rotatable bonds is 4. The second-order valence-electron chi connectivity index (χ2n) is 6.20. The van der Waals surface area contributed by atoms with E-state index in [1.165, 1.54) is 13.3 Å². The number of hydrogen-bond donors (Lipinski definition) is 2. The lowest BCUT2D eigenvalue weighted by molar-refractivity contribution is 0.0600. The molecule has 2 aromatic rings. The number of nitrogens with one attached hydrogen (secondary N) is 1. The number of esters is 1. The molecule has 1 aliphatic carbocycles. The van der Waals surface area contributed by atoms with Gasteiger partial charge in [-0.15, -0.1) is 0 Å². The average molecular weight is 378 g/mol. The van der Waals surface area contributed by atoms with Gasteiger partial charge in [0, 0.05) is 0 Å². The van der Waals surface area contributed by atoms with Crippen LogP contribution in [-0.4, -0.2) is 40.1 Å². The Morgan fingerprint density at radius 3 is 2.81 bits per heavy atom. The minimum absolute atomic E-state index is 0.0440. The number of methoxy groups -OCH3 is 1. The predicted octanol–water partition coefficient (Wildman–Crippen LogP) is 2.39. The number of aliphatic hydroxyl groups is 1. The van der Waals surface area contributed by atoms with E-state index in [2.05, 4.69) is 10.4 Å². The molecule has 1 aromatic heterocycles. The maximum absolute atomic E-state index is 12.7. The molecule has 1 heterocycles. The van der Waals surface area contributed by atoms with Gasteiger partial charge in [-0.1, -0.05) is 36.6 Å². The smallest absolute Gasteiger partial charge is 0.340 e. The van der Waals surface area contributed by atoms with Crippen molar-refractivity contribution in [1.82, 2.24) is 9.78 Å². The number of carbonyl (C=O) groups excluding carboxylic acids is 1. The first kappa shape index (κ1) is 18.4. The molecule has 0 unspecified atom stereocenters. The molecular formula is C18H20ClN3O4. The Bertz CT molecular complexity index is 868. The highest BCUT2D eigenvalue weighted by Gasteiger charge is 2.24. The van der Waals surface area contributed by atoms with Crippen molar-refractivity contribution in [3.05, 3.63) is 51.4 Å².